The molecule has 0 spiro atoms. The van der Waals surface area contributed by atoms with E-state index in [-0.39, 0.29) is 11.6 Å². The highest BCUT2D eigenvalue weighted by Gasteiger charge is 2.32. The number of aryl methyl sites for hydroxylation is 1. The monoisotopic (exact) mass is 558 g/mol. The van der Waals surface area contributed by atoms with E-state index in [0.29, 0.717) is 20.8 Å². The Morgan fingerprint density at radius 1 is 1.00 bits per heavy atom. The number of ether oxygens (including phenoxy) is 2. The van der Waals surface area contributed by atoms with Crippen LogP contribution in [0.25, 0.3) is 11.8 Å². The molecule has 2 aliphatic rings. The molecule has 4 aromatic rings. The van der Waals surface area contributed by atoms with Crippen molar-refractivity contribution in [2.75, 3.05) is 14.2 Å². The minimum Gasteiger partial charge on any atom is -0.493 e. The lowest BCUT2D eigenvalue weighted by Gasteiger charge is -2.30. The molecular weight excluding hydrogens is 536 g/mol. The molecule has 36 heavy (non-hydrogen) atoms. The van der Waals surface area contributed by atoms with Crippen LogP contribution in [0.1, 0.15) is 34.7 Å². The summed E-state index contributed by atoms with van der Waals surface area (Å²) in [5.74, 6) is 1.22. The number of benzene rings is 3. The molecule has 6 rings (SSSR count). The third-order valence-corrected chi connectivity index (χ3v) is 8.29. The van der Waals surface area contributed by atoms with E-state index in [1.165, 1.54) is 22.5 Å². The summed E-state index contributed by atoms with van der Waals surface area (Å²) in [5, 5.41) is 0. The number of hydrogen-bond donors (Lipinski definition) is 0. The molecule has 3 aromatic carbocycles. The Bertz CT molecular complexity index is 1700. The third kappa shape index (κ3) is 3.74. The van der Waals surface area contributed by atoms with Gasteiger partial charge in [0.1, 0.15) is 0 Å². The topological polar surface area (TPSA) is 52.8 Å². The maximum Gasteiger partial charge on any atom is 0.271 e. The Morgan fingerprint density at radius 2 is 1.81 bits per heavy atom. The second kappa shape index (κ2) is 9.22. The van der Waals surface area contributed by atoms with Gasteiger partial charge in [-0.05, 0) is 53.8 Å². The van der Waals surface area contributed by atoms with Gasteiger partial charge in [0.05, 0.1) is 30.5 Å². The minimum atomic E-state index is -0.202. The van der Waals surface area contributed by atoms with Crippen molar-refractivity contribution in [3.63, 3.8) is 0 Å². The van der Waals surface area contributed by atoms with Gasteiger partial charge in [-0.2, -0.15) is 0 Å². The number of methoxy groups -OCH3 is 2. The van der Waals surface area contributed by atoms with Gasteiger partial charge in [-0.15, -0.1) is 0 Å². The molecule has 7 heteroatoms. The SMILES string of the molecule is COc1cccc(C=c2sc3n(c2=O)C(c2ccc(Br)cc2)C2=C(N=3)c3ccccc3CC2)c1OC. The number of allylic oxidation sites excluding steroid dienone is 1. The van der Waals surface area contributed by atoms with Crippen LogP contribution in [0.4, 0.5) is 0 Å². The molecule has 1 aliphatic carbocycles. The van der Waals surface area contributed by atoms with Crippen LogP contribution in [0.2, 0.25) is 0 Å². The fourth-order valence-corrected chi connectivity index (χ4v) is 6.39. The van der Waals surface area contributed by atoms with Gasteiger partial charge < -0.3 is 9.47 Å². The number of rotatable bonds is 4. The molecular formula is C29H23BrN2O3S. The molecule has 0 amide bonds. The molecule has 1 aliphatic heterocycles. The zero-order chi connectivity index (χ0) is 24.8. The summed E-state index contributed by atoms with van der Waals surface area (Å²) in [4.78, 5) is 19.7. The van der Waals surface area contributed by atoms with Crippen molar-refractivity contribution in [2.45, 2.75) is 18.9 Å². The Labute approximate surface area is 220 Å². The molecule has 1 atom stereocenters. The van der Waals surface area contributed by atoms with Crippen molar-refractivity contribution in [2.24, 2.45) is 4.99 Å². The van der Waals surface area contributed by atoms with E-state index in [9.17, 15) is 4.79 Å². The molecule has 5 nitrogen and oxygen atoms in total. The number of aromatic nitrogens is 1. The molecule has 1 aromatic heterocycles. The quantitative estimate of drug-likeness (QED) is 0.350. The van der Waals surface area contributed by atoms with E-state index in [4.69, 9.17) is 14.5 Å². The Kier molecular flexibility index (Phi) is 5.90. The summed E-state index contributed by atoms with van der Waals surface area (Å²) in [6, 6.07) is 22.2. The number of halogens is 1. The van der Waals surface area contributed by atoms with Crippen LogP contribution < -0.4 is 24.4 Å². The maximum atomic E-state index is 13.9. The van der Waals surface area contributed by atoms with Gasteiger partial charge in [0.2, 0.25) is 0 Å². The van der Waals surface area contributed by atoms with Gasteiger partial charge in [0.15, 0.2) is 16.3 Å². The zero-order valence-corrected chi connectivity index (χ0v) is 22.2. The average molecular weight is 559 g/mol. The summed E-state index contributed by atoms with van der Waals surface area (Å²) in [6.07, 6.45) is 3.67. The summed E-state index contributed by atoms with van der Waals surface area (Å²) in [5.41, 5.74) is 6.46. The van der Waals surface area contributed by atoms with Crippen molar-refractivity contribution in [1.82, 2.24) is 4.57 Å². The fraction of sp³-hybridized carbons (Fsp3) is 0.172. The van der Waals surface area contributed by atoms with Gasteiger partial charge in [-0.1, -0.05) is 75.8 Å². The van der Waals surface area contributed by atoms with Crippen molar-refractivity contribution in [1.29, 1.82) is 0 Å². The molecule has 0 bridgehead atoms. The number of para-hydroxylation sites is 1. The number of hydrogen-bond acceptors (Lipinski definition) is 5. The largest absolute Gasteiger partial charge is 0.493 e. The van der Waals surface area contributed by atoms with Crippen LogP contribution in [0.15, 0.2) is 86.6 Å². The smallest absolute Gasteiger partial charge is 0.271 e. The average Bonchev–Trinajstić information content (AvgIpc) is 3.22. The van der Waals surface area contributed by atoms with E-state index in [2.05, 4.69) is 52.3 Å². The van der Waals surface area contributed by atoms with E-state index in [1.54, 1.807) is 14.2 Å². The van der Waals surface area contributed by atoms with Crippen LogP contribution in [0, 0.1) is 0 Å². The van der Waals surface area contributed by atoms with Crippen molar-refractivity contribution >= 4 is 39.0 Å². The van der Waals surface area contributed by atoms with Crippen LogP contribution in [0.5, 0.6) is 11.5 Å². The van der Waals surface area contributed by atoms with E-state index < -0.39 is 0 Å². The first-order valence-corrected chi connectivity index (χ1v) is 13.3. The Hall–Kier alpha value is -3.42. The summed E-state index contributed by atoms with van der Waals surface area (Å²) in [7, 11) is 3.21. The lowest BCUT2D eigenvalue weighted by molar-refractivity contribution is 0.354. The van der Waals surface area contributed by atoms with Crippen molar-refractivity contribution in [3.05, 3.63) is 119 Å². The normalized spacial score (nSPS) is 16.6. The molecule has 180 valence electrons. The van der Waals surface area contributed by atoms with E-state index in [0.717, 1.165) is 39.7 Å². The summed E-state index contributed by atoms with van der Waals surface area (Å²) < 4.78 is 14.5. The minimum absolute atomic E-state index is 0.0537. The highest BCUT2D eigenvalue weighted by atomic mass is 79.9. The fourth-order valence-electron chi connectivity index (χ4n) is 5.13. The van der Waals surface area contributed by atoms with Crippen LogP contribution >= 0.6 is 27.3 Å². The highest BCUT2D eigenvalue weighted by Crippen LogP contribution is 2.41. The summed E-state index contributed by atoms with van der Waals surface area (Å²) >= 11 is 4.96. The Morgan fingerprint density at radius 3 is 2.58 bits per heavy atom. The second-order valence-electron chi connectivity index (χ2n) is 8.75. The lowest BCUT2D eigenvalue weighted by atomic mass is 9.83. The lowest BCUT2D eigenvalue weighted by Crippen LogP contribution is -2.38. The molecule has 0 saturated heterocycles. The van der Waals surface area contributed by atoms with Gasteiger partial charge in [-0.25, -0.2) is 4.99 Å². The highest BCUT2D eigenvalue weighted by molar-refractivity contribution is 9.10. The molecule has 1 unspecified atom stereocenters. The van der Waals surface area contributed by atoms with Crippen LogP contribution in [-0.4, -0.2) is 18.8 Å². The number of thiazole rings is 1. The van der Waals surface area contributed by atoms with E-state index in [1.807, 2.05) is 41.0 Å². The van der Waals surface area contributed by atoms with Crippen LogP contribution in [0.3, 0.4) is 0 Å². The van der Waals surface area contributed by atoms with Gasteiger partial charge in [0, 0.05) is 15.6 Å². The van der Waals surface area contributed by atoms with Crippen LogP contribution in [-0.2, 0) is 6.42 Å². The van der Waals surface area contributed by atoms with E-state index >= 15 is 0 Å². The first kappa shape index (κ1) is 23.0. The zero-order valence-electron chi connectivity index (χ0n) is 19.8. The van der Waals surface area contributed by atoms with Crippen molar-refractivity contribution < 1.29 is 9.47 Å². The molecule has 0 N–H and O–H groups in total. The molecule has 0 saturated carbocycles. The first-order chi connectivity index (χ1) is 17.6. The predicted octanol–water partition coefficient (Wildman–Crippen LogP) is 5.10. The standard InChI is InChI=1S/C29H23BrN2O3S/c1-34-23-9-5-7-19(27(23)35-2)16-24-28(33)32-26(18-10-13-20(30)14-11-18)22-15-12-17-6-3-4-8-21(17)25(22)31-29(32)36-24/h3-11,13-14,16,26H,12,15H2,1-2H3. The second-order valence-corrected chi connectivity index (χ2v) is 10.7. The van der Waals surface area contributed by atoms with Gasteiger partial charge in [0.25, 0.3) is 5.56 Å². The van der Waals surface area contributed by atoms with Gasteiger partial charge in [-0.3, -0.25) is 9.36 Å². The number of fused-ring (bicyclic) bond motifs is 3. The predicted molar refractivity (Wildman–Crippen MR) is 146 cm³/mol. The third-order valence-electron chi connectivity index (χ3n) is 6.78. The van der Waals surface area contributed by atoms with Crippen molar-refractivity contribution in [3.8, 4) is 11.5 Å². The first-order valence-electron chi connectivity index (χ1n) is 11.7. The summed E-state index contributed by atoms with van der Waals surface area (Å²) in [6.45, 7) is 0. The number of nitrogens with zero attached hydrogens (tertiary/aromatic N) is 2. The molecule has 0 fully saturated rings. The molecule has 2 heterocycles. The molecule has 0 radical (unpaired) electrons. The Balaban J connectivity index is 1.62. The maximum absolute atomic E-state index is 13.9. The van der Waals surface area contributed by atoms with Gasteiger partial charge >= 0.3 is 0 Å².